The third-order valence-corrected chi connectivity index (χ3v) is 5.80. The summed E-state index contributed by atoms with van der Waals surface area (Å²) in [5, 5.41) is 9.08. The first-order valence-electron chi connectivity index (χ1n) is 8.99. The number of ether oxygens (including phenoxy) is 1. The summed E-state index contributed by atoms with van der Waals surface area (Å²) in [6.45, 7) is 1.55. The predicted octanol–water partition coefficient (Wildman–Crippen LogP) is 4.88. The van der Waals surface area contributed by atoms with Crippen LogP contribution in [0, 0.1) is 11.3 Å². The number of likely N-dealkylation sites (N-methyl/N-ethyl adjacent to an activating group) is 1. The number of rotatable bonds is 3. The van der Waals surface area contributed by atoms with Gasteiger partial charge in [-0.05, 0) is 35.4 Å². The lowest BCUT2D eigenvalue weighted by molar-refractivity contribution is 0.147. The van der Waals surface area contributed by atoms with Crippen LogP contribution in [0.4, 0.5) is 16.2 Å². The number of fused-ring (bicyclic) bond motifs is 1. The highest BCUT2D eigenvalue weighted by Crippen LogP contribution is 2.38. The lowest BCUT2D eigenvalue weighted by atomic mass is 10.1. The van der Waals surface area contributed by atoms with Crippen molar-refractivity contribution in [3.8, 4) is 16.5 Å². The van der Waals surface area contributed by atoms with Gasteiger partial charge in [-0.25, -0.2) is 4.79 Å². The Morgan fingerprint density at radius 3 is 2.68 bits per heavy atom. The van der Waals surface area contributed by atoms with Crippen molar-refractivity contribution in [1.82, 2.24) is 0 Å². The van der Waals surface area contributed by atoms with Crippen molar-refractivity contribution in [2.45, 2.75) is 6.61 Å². The van der Waals surface area contributed by atoms with Crippen LogP contribution in [0.3, 0.4) is 0 Å². The van der Waals surface area contributed by atoms with Crippen LogP contribution in [0.15, 0.2) is 60.7 Å². The molecule has 140 valence electrons. The summed E-state index contributed by atoms with van der Waals surface area (Å²) in [7, 11) is 2.02. The van der Waals surface area contributed by atoms with Crippen LogP contribution >= 0.6 is 11.3 Å². The van der Waals surface area contributed by atoms with Crippen LogP contribution in [-0.4, -0.2) is 26.2 Å². The van der Waals surface area contributed by atoms with Gasteiger partial charge in [0.25, 0.3) is 0 Å². The number of carbonyl (C=O) groups excluding carboxylic acids is 1. The molecular weight excluding hydrogens is 370 g/mol. The van der Waals surface area contributed by atoms with Crippen molar-refractivity contribution in [1.29, 1.82) is 5.26 Å². The number of thiophene rings is 1. The minimum absolute atomic E-state index is 0.248. The van der Waals surface area contributed by atoms with Gasteiger partial charge < -0.3 is 9.64 Å². The molecule has 0 fully saturated rings. The molecule has 0 spiro atoms. The predicted molar refractivity (Wildman–Crippen MR) is 112 cm³/mol. The summed E-state index contributed by atoms with van der Waals surface area (Å²) < 4.78 is 5.55. The number of hydrogen-bond acceptors (Lipinski definition) is 5. The third-order valence-electron chi connectivity index (χ3n) is 4.76. The van der Waals surface area contributed by atoms with Crippen LogP contribution in [0.5, 0.6) is 0 Å². The number of anilines is 2. The third kappa shape index (κ3) is 3.57. The van der Waals surface area contributed by atoms with Crippen molar-refractivity contribution in [3.05, 3.63) is 71.1 Å². The summed E-state index contributed by atoms with van der Waals surface area (Å²) in [6, 6.07) is 21.6. The molecular formula is C22H19N3O2S. The van der Waals surface area contributed by atoms with Crippen molar-refractivity contribution in [2.75, 3.05) is 29.9 Å². The molecule has 2 aromatic carbocycles. The van der Waals surface area contributed by atoms with E-state index in [0.29, 0.717) is 11.4 Å². The molecule has 0 unspecified atom stereocenters. The molecule has 0 radical (unpaired) electrons. The monoisotopic (exact) mass is 389 g/mol. The summed E-state index contributed by atoms with van der Waals surface area (Å²) in [6.07, 6.45) is -0.348. The molecule has 4 rings (SSSR count). The number of hydrogen-bond donors (Lipinski definition) is 0. The van der Waals surface area contributed by atoms with E-state index >= 15 is 0 Å². The molecule has 1 aliphatic rings. The lowest BCUT2D eigenvalue weighted by Crippen LogP contribution is -2.42. The van der Waals surface area contributed by atoms with Gasteiger partial charge in [0.1, 0.15) is 17.6 Å². The van der Waals surface area contributed by atoms with Gasteiger partial charge in [-0.2, -0.15) is 5.26 Å². The number of amides is 1. The molecule has 0 atom stereocenters. The van der Waals surface area contributed by atoms with E-state index in [1.54, 1.807) is 4.90 Å². The maximum Gasteiger partial charge on any atom is 0.414 e. The fourth-order valence-corrected chi connectivity index (χ4v) is 4.05. The van der Waals surface area contributed by atoms with E-state index in [4.69, 9.17) is 10.00 Å². The quantitative estimate of drug-likeness (QED) is 0.641. The molecule has 0 bridgehead atoms. The average Bonchev–Trinajstić information content (AvgIpc) is 3.22. The molecule has 1 aliphatic heterocycles. The van der Waals surface area contributed by atoms with Gasteiger partial charge in [0.2, 0.25) is 0 Å². The Labute approximate surface area is 168 Å². The van der Waals surface area contributed by atoms with E-state index < -0.39 is 0 Å². The van der Waals surface area contributed by atoms with E-state index in [1.165, 1.54) is 11.3 Å². The molecule has 1 aromatic heterocycles. The van der Waals surface area contributed by atoms with Gasteiger partial charge in [-0.1, -0.05) is 36.4 Å². The van der Waals surface area contributed by atoms with Gasteiger partial charge in [0, 0.05) is 25.0 Å². The molecule has 1 amide bonds. The number of carbonyl (C=O) groups is 1. The highest BCUT2D eigenvalue weighted by Gasteiger charge is 2.27. The Morgan fingerprint density at radius 1 is 1.11 bits per heavy atom. The van der Waals surface area contributed by atoms with Crippen LogP contribution < -0.4 is 9.80 Å². The second-order valence-electron chi connectivity index (χ2n) is 6.59. The highest BCUT2D eigenvalue weighted by molar-refractivity contribution is 7.16. The molecule has 6 heteroatoms. The van der Waals surface area contributed by atoms with Crippen LogP contribution in [0.25, 0.3) is 10.4 Å². The van der Waals surface area contributed by atoms with Gasteiger partial charge in [-0.3, -0.25) is 4.90 Å². The van der Waals surface area contributed by atoms with E-state index in [9.17, 15) is 4.79 Å². The van der Waals surface area contributed by atoms with E-state index in [2.05, 4.69) is 11.0 Å². The molecule has 2 heterocycles. The second-order valence-corrected chi connectivity index (χ2v) is 7.68. The Kier molecular flexibility index (Phi) is 5.00. The zero-order valence-electron chi connectivity index (χ0n) is 15.5. The summed E-state index contributed by atoms with van der Waals surface area (Å²) >= 11 is 1.45. The maximum atomic E-state index is 12.8. The average molecular weight is 389 g/mol. The molecule has 0 aliphatic carbocycles. The van der Waals surface area contributed by atoms with Gasteiger partial charge in [0.15, 0.2) is 0 Å². The van der Waals surface area contributed by atoms with Gasteiger partial charge in [-0.15, -0.1) is 11.3 Å². The topological polar surface area (TPSA) is 56.6 Å². The Bertz CT molecular complexity index is 1040. The highest BCUT2D eigenvalue weighted by atomic mass is 32.1. The summed E-state index contributed by atoms with van der Waals surface area (Å²) in [4.78, 5) is 18.3. The van der Waals surface area contributed by atoms with Gasteiger partial charge in [0.05, 0.1) is 11.4 Å². The van der Waals surface area contributed by atoms with Crippen molar-refractivity contribution >= 4 is 28.8 Å². The fourth-order valence-electron chi connectivity index (χ4n) is 3.25. The van der Waals surface area contributed by atoms with Crippen molar-refractivity contribution < 1.29 is 9.53 Å². The first-order chi connectivity index (χ1) is 13.7. The molecule has 0 N–H and O–H groups in total. The molecule has 3 aromatic rings. The number of nitriles is 1. The lowest BCUT2D eigenvalue weighted by Gasteiger charge is -2.35. The summed E-state index contributed by atoms with van der Waals surface area (Å²) in [5.41, 5.74) is 3.77. The minimum Gasteiger partial charge on any atom is -0.444 e. The largest absolute Gasteiger partial charge is 0.444 e. The van der Waals surface area contributed by atoms with Gasteiger partial charge >= 0.3 is 6.09 Å². The van der Waals surface area contributed by atoms with Crippen LogP contribution in [-0.2, 0) is 11.3 Å². The Balaban J connectivity index is 1.60. The maximum absolute atomic E-state index is 12.8. The van der Waals surface area contributed by atoms with Crippen molar-refractivity contribution in [2.24, 2.45) is 0 Å². The normalized spacial score (nSPS) is 13.0. The van der Waals surface area contributed by atoms with E-state index in [1.807, 2.05) is 67.7 Å². The number of nitrogens with zero attached hydrogens (tertiary/aromatic N) is 3. The smallest absolute Gasteiger partial charge is 0.414 e. The fraction of sp³-hybridized carbons (Fsp3) is 0.182. The minimum atomic E-state index is -0.348. The molecule has 28 heavy (non-hydrogen) atoms. The van der Waals surface area contributed by atoms with E-state index in [-0.39, 0.29) is 12.7 Å². The first kappa shape index (κ1) is 18.1. The second kappa shape index (κ2) is 7.75. The summed E-state index contributed by atoms with van der Waals surface area (Å²) in [5.74, 6) is 0. The molecule has 0 saturated heterocycles. The molecule has 5 nitrogen and oxygen atoms in total. The SMILES string of the molecule is CN1CCN(C(=O)OCc2ccccc2)c2cc(-c3ccc(C#N)s3)ccc21. The Morgan fingerprint density at radius 2 is 1.93 bits per heavy atom. The first-order valence-corrected chi connectivity index (χ1v) is 9.81. The number of benzene rings is 2. The van der Waals surface area contributed by atoms with Crippen LogP contribution in [0.1, 0.15) is 10.4 Å². The van der Waals surface area contributed by atoms with Crippen molar-refractivity contribution in [3.63, 3.8) is 0 Å². The Hall–Kier alpha value is -3.30. The van der Waals surface area contributed by atoms with E-state index in [0.717, 1.165) is 33.9 Å². The zero-order valence-corrected chi connectivity index (χ0v) is 16.3. The van der Waals surface area contributed by atoms with Crippen LogP contribution in [0.2, 0.25) is 0 Å². The zero-order chi connectivity index (χ0) is 19.5. The molecule has 0 saturated carbocycles. The standard InChI is InChI=1S/C22H19N3O2S/c1-24-11-12-25(22(26)27-15-16-5-3-2-4-6-16)20-13-17(7-9-19(20)24)21-10-8-18(14-23)28-21/h2-10,13H,11-12,15H2,1H3.